The molecule has 136 valence electrons. The fourth-order valence-electron chi connectivity index (χ4n) is 3.84. The SMILES string of the molecule is O=C(NC1CCC1)[C@@H]1CN(Cc2ccc3c(c2)OCO3)Cc2cncn21. The summed E-state index contributed by atoms with van der Waals surface area (Å²) in [5.41, 5.74) is 2.23. The highest BCUT2D eigenvalue weighted by Crippen LogP contribution is 2.33. The van der Waals surface area contributed by atoms with E-state index in [-0.39, 0.29) is 18.7 Å². The smallest absolute Gasteiger partial charge is 0.244 e. The zero-order valence-electron chi connectivity index (χ0n) is 14.6. The van der Waals surface area contributed by atoms with Crippen molar-refractivity contribution in [3.8, 4) is 11.5 Å². The van der Waals surface area contributed by atoms with Crippen molar-refractivity contribution in [2.75, 3.05) is 13.3 Å². The van der Waals surface area contributed by atoms with Crippen LogP contribution in [0.2, 0.25) is 0 Å². The Hall–Kier alpha value is -2.54. The van der Waals surface area contributed by atoms with Crippen LogP contribution in [0.15, 0.2) is 30.7 Å². The summed E-state index contributed by atoms with van der Waals surface area (Å²) in [7, 11) is 0. The van der Waals surface area contributed by atoms with E-state index in [9.17, 15) is 4.79 Å². The van der Waals surface area contributed by atoms with Crippen LogP contribution in [0.3, 0.4) is 0 Å². The standard InChI is InChI=1S/C19H22N4O3/c24-19(21-14-2-1-3-14)16-10-22(9-15-7-20-11-23(15)16)8-13-4-5-17-18(6-13)26-12-25-17/h4-7,11,14,16H,1-3,8-10,12H2,(H,21,24)/t16-/m0/s1. The average molecular weight is 354 g/mol. The van der Waals surface area contributed by atoms with Crippen LogP contribution in [0, 0.1) is 0 Å². The van der Waals surface area contributed by atoms with E-state index in [4.69, 9.17) is 9.47 Å². The van der Waals surface area contributed by atoms with Gasteiger partial charge in [0.05, 0.1) is 12.0 Å². The van der Waals surface area contributed by atoms with Crippen molar-refractivity contribution in [1.29, 1.82) is 0 Å². The van der Waals surface area contributed by atoms with Crippen LogP contribution in [-0.2, 0) is 17.9 Å². The number of nitrogens with one attached hydrogen (secondary N) is 1. The first-order valence-electron chi connectivity index (χ1n) is 9.18. The van der Waals surface area contributed by atoms with Crippen LogP contribution >= 0.6 is 0 Å². The lowest BCUT2D eigenvalue weighted by molar-refractivity contribution is -0.127. The zero-order valence-corrected chi connectivity index (χ0v) is 14.6. The van der Waals surface area contributed by atoms with Gasteiger partial charge in [0.2, 0.25) is 12.7 Å². The Bertz CT molecular complexity index is 830. The minimum atomic E-state index is -0.226. The van der Waals surface area contributed by atoms with Crippen LogP contribution in [-0.4, -0.2) is 39.7 Å². The molecule has 5 rings (SSSR count). The van der Waals surface area contributed by atoms with Gasteiger partial charge in [0.1, 0.15) is 6.04 Å². The Morgan fingerprint density at radius 2 is 2.15 bits per heavy atom. The molecule has 1 aliphatic carbocycles. The molecule has 1 amide bonds. The molecule has 0 saturated heterocycles. The molecule has 0 radical (unpaired) electrons. The molecule has 3 heterocycles. The Balaban J connectivity index is 1.33. The van der Waals surface area contributed by atoms with E-state index >= 15 is 0 Å². The van der Waals surface area contributed by atoms with Gasteiger partial charge >= 0.3 is 0 Å². The summed E-state index contributed by atoms with van der Waals surface area (Å²) < 4.78 is 12.9. The minimum Gasteiger partial charge on any atom is -0.454 e. The minimum absolute atomic E-state index is 0.101. The summed E-state index contributed by atoms with van der Waals surface area (Å²) in [6.07, 6.45) is 7.03. The van der Waals surface area contributed by atoms with Gasteiger partial charge < -0.3 is 19.4 Å². The maximum Gasteiger partial charge on any atom is 0.244 e. The third-order valence-electron chi connectivity index (χ3n) is 5.50. The largest absolute Gasteiger partial charge is 0.454 e. The number of ether oxygens (including phenoxy) is 2. The molecule has 7 nitrogen and oxygen atoms in total. The number of hydrogen-bond acceptors (Lipinski definition) is 5. The van der Waals surface area contributed by atoms with Gasteiger partial charge in [-0.3, -0.25) is 9.69 Å². The molecule has 1 aromatic carbocycles. The summed E-state index contributed by atoms with van der Waals surface area (Å²) in [5.74, 6) is 1.69. The van der Waals surface area contributed by atoms with Gasteiger partial charge in [-0.15, -0.1) is 0 Å². The number of benzene rings is 1. The van der Waals surface area contributed by atoms with E-state index < -0.39 is 0 Å². The van der Waals surface area contributed by atoms with Crippen molar-refractivity contribution in [2.45, 2.75) is 44.4 Å². The summed E-state index contributed by atoms with van der Waals surface area (Å²) in [6.45, 7) is 2.50. The van der Waals surface area contributed by atoms with Gasteiger partial charge in [0.15, 0.2) is 11.5 Å². The van der Waals surface area contributed by atoms with E-state index in [1.807, 2.05) is 22.9 Å². The van der Waals surface area contributed by atoms with E-state index in [0.717, 1.165) is 48.7 Å². The van der Waals surface area contributed by atoms with Gasteiger partial charge in [0.25, 0.3) is 0 Å². The monoisotopic (exact) mass is 354 g/mol. The normalized spacial score (nSPS) is 21.9. The first-order valence-corrected chi connectivity index (χ1v) is 9.18. The van der Waals surface area contributed by atoms with Crippen LogP contribution in [0.4, 0.5) is 0 Å². The van der Waals surface area contributed by atoms with E-state index in [0.29, 0.717) is 12.6 Å². The highest BCUT2D eigenvalue weighted by molar-refractivity contribution is 5.81. The second-order valence-corrected chi connectivity index (χ2v) is 7.30. The maximum absolute atomic E-state index is 12.8. The first-order chi connectivity index (χ1) is 12.8. The molecule has 0 spiro atoms. The number of imidazole rings is 1. The van der Waals surface area contributed by atoms with E-state index in [1.54, 1.807) is 6.33 Å². The van der Waals surface area contributed by atoms with Gasteiger partial charge in [0, 0.05) is 31.9 Å². The lowest BCUT2D eigenvalue weighted by atomic mass is 9.93. The molecule has 2 aromatic rings. The number of carbonyl (C=O) groups excluding carboxylic acids is 1. The number of fused-ring (bicyclic) bond motifs is 2. The fourth-order valence-corrected chi connectivity index (χ4v) is 3.84. The lowest BCUT2D eigenvalue weighted by Gasteiger charge is -2.35. The number of rotatable bonds is 4. The first kappa shape index (κ1) is 15.7. The topological polar surface area (TPSA) is 68.6 Å². The molecule has 1 saturated carbocycles. The van der Waals surface area contributed by atoms with Crippen LogP contribution in [0.1, 0.15) is 36.6 Å². The van der Waals surface area contributed by atoms with Gasteiger partial charge in [-0.05, 0) is 37.0 Å². The van der Waals surface area contributed by atoms with Crippen molar-refractivity contribution in [3.63, 3.8) is 0 Å². The van der Waals surface area contributed by atoms with E-state index in [1.165, 1.54) is 6.42 Å². The summed E-state index contributed by atoms with van der Waals surface area (Å²) in [5, 5.41) is 3.18. The molecular formula is C19H22N4O3. The molecule has 2 aliphatic heterocycles. The Morgan fingerprint density at radius 1 is 1.27 bits per heavy atom. The Labute approximate surface area is 151 Å². The molecule has 7 heteroatoms. The van der Waals surface area contributed by atoms with Crippen LogP contribution < -0.4 is 14.8 Å². The number of hydrogen-bond donors (Lipinski definition) is 1. The number of nitrogens with zero attached hydrogens (tertiary/aromatic N) is 3. The van der Waals surface area contributed by atoms with Crippen molar-refractivity contribution >= 4 is 5.91 Å². The highest BCUT2D eigenvalue weighted by Gasteiger charge is 2.32. The molecule has 0 bridgehead atoms. The molecular weight excluding hydrogens is 332 g/mol. The molecule has 3 aliphatic rings. The summed E-state index contributed by atoms with van der Waals surface area (Å²) in [4.78, 5) is 19.3. The van der Waals surface area contributed by atoms with Crippen LogP contribution in [0.5, 0.6) is 11.5 Å². The van der Waals surface area contributed by atoms with Crippen molar-refractivity contribution in [3.05, 3.63) is 42.0 Å². The van der Waals surface area contributed by atoms with Crippen molar-refractivity contribution < 1.29 is 14.3 Å². The van der Waals surface area contributed by atoms with Gasteiger partial charge in [-0.2, -0.15) is 0 Å². The molecule has 1 fully saturated rings. The van der Waals surface area contributed by atoms with Crippen molar-refractivity contribution in [1.82, 2.24) is 19.8 Å². The number of amides is 1. The number of carbonyl (C=O) groups is 1. The Kier molecular flexibility index (Phi) is 3.81. The second kappa shape index (κ2) is 6.32. The third kappa shape index (κ3) is 2.82. The molecule has 1 N–H and O–H groups in total. The fraction of sp³-hybridized carbons (Fsp3) is 0.474. The Morgan fingerprint density at radius 3 is 3.00 bits per heavy atom. The van der Waals surface area contributed by atoms with E-state index in [2.05, 4.69) is 21.3 Å². The predicted octanol–water partition coefficient (Wildman–Crippen LogP) is 1.84. The average Bonchev–Trinajstić information content (AvgIpc) is 3.25. The maximum atomic E-state index is 12.8. The third-order valence-corrected chi connectivity index (χ3v) is 5.50. The van der Waals surface area contributed by atoms with Gasteiger partial charge in [-0.25, -0.2) is 4.98 Å². The quantitative estimate of drug-likeness (QED) is 0.907. The lowest BCUT2D eigenvalue weighted by Crippen LogP contribution is -2.48. The highest BCUT2D eigenvalue weighted by atomic mass is 16.7. The molecule has 1 aromatic heterocycles. The molecule has 26 heavy (non-hydrogen) atoms. The van der Waals surface area contributed by atoms with Crippen LogP contribution in [0.25, 0.3) is 0 Å². The van der Waals surface area contributed by atoms with Crippen molar-refractivity contribution in [2.24, 2.45) is 0 Å². The summed E-state index contributed by atoms with van der Waals surface area (Å²) in [6, 6.07) is 6.15. The second-order valence-electron chi connectivity index (χ2n) is 7.30. The predicted molar refractivity (Wildman–Crippen MR) is 93.7 cm³/mol. The zero-order chi connectivity index (χ0) is 17.5. The molecule has 0 unspecified atom stereocenters. The van der Waals surface area contributed by atoms with Gasteiger partial charge in [-0.1, -0.05) is 6.07 Å². The molecule has 1 atom stereocenters. The summed E-state index contributed by atoms with van der Waals surface area (Å²) >= 11 is 0. The number of aromatic nitrogens is 2.